The van der Waals surface area contributed by atoms with E-state index in [9.17, 15) is 4.79 Å². The van der Waals surface area contributed by atoms with Gasteiger partial charge in [-0.1, -0.05) is 35.9 Å². The number of pyridine rings is 1. The molecule has 31 heavy (non-hydrogen) atoms. The van der Waals surface area contributed by atoms with E-state index in [1.54, 1.807) is 48.7 Å². The number of methoxy groups -OCH3 is 1. The number of hydrogen-bond acceptors (Lipinski definition) is 4. The molecule has 4 rings (SSSR count). The second-order valence-corrected chi connectivity index (χ2v) is 7.93. The van der Waals surface area contributed by atoms with Crippen molar-refractivity contribution < 1.29 is 13.9 Å². The molecule has 1 aromatic heterocycles. The molecule has 1 saturated heterocycles. The van der Waals surface area contributed by atoms with E-state index >= 15 is 4.39 Å². The molecule has 1 amide bonds. The fourth-order valence-corrected chi connectivity index (χ4v) is 3.96. The van der Waals surface area contributed by atoms with Crippen LogP contribution in [0.1, 0.15) is 24.0 Å². The van der Waals surface area contributed by atoms with Crippen molar-refractivity contribution in [2.75, 3.05) is 19.0 Å². The minimum absolute atomic E-state index is 0.0786. The van der Waals surface area contributed by atoms with Gasteiger partial charge in [0.15, 0.2) is 0 Å². The molecule has 0 bridgehead atoms. The average Bonchev–Trinajstić information content (AvgIpc) is 3.31. The molecule has 5 nitrogen and oxygen atoms in total. The minimum Gasteiger partial charge on any atom is -0.496 e. The fraction of sp³-hybridized carbons (Fsp3) is 0.250. The van der Waals surface area contributed by atoms with Crippen LogP contribution in [0.5, 0.6) is 5.75 Å². The molecule has 1 atom stereocenters. The van der Waals surface area contributed by atoms with E-state index in [1.165, 1.54) is 7.11 Å². The maximum absolute atomic E-state index is 15.4. The van der Waals surface area contributed by atoms with Gasteiger partial charge in [-0.05, 0) is 60.3 Å². The van der Waals surface area contributed by atoms with Crippen molar-refractivity contribution in [3.8, 4) is 16.9 Å². The third-order valence-corrected chi connectivity index (χ3v) is 5.60. The Bertz CT molecular complexity index is 1080. The quantitative estimate of drug-likeness (QED) is 0.577. The van der Waals surface area contributed by atoms with Crippen LogP contribution in [0.25, 0.3) is 11.1 Å². The molecule has 2 N–H and O–H groups in total. The Morgan fingerprint density at radius 2 is 2.16 bits per heavy atom. The zero-order valence-corrected chi connectivity index (χ0v) is 17.9. The lowest BCUT2D eigenvalue weighted by Gasteiger charge is -2.14. The summed E-state index contributed by atoms with van der Waals surface area (Å²) in [5, 5.41) is 6.51. The average molecular weight is 440 g/mol. The van der Waals surface area contributed by atoms with Crippen molar-refractivity contribution in [3.05, 3.63) is 76.7 Å². The number of ether oxygens (including phenoxy) is 1. The van der Waals surface area contributed by atoms with Crippen LogP contribution in [0.4, 0.5) is 10.2 Å². The maximum Gasteiger partial charge on any atom is 0.242 e. The highest BCUT2D eigenvalue weighted by Crippen LogP contribution is 2.36. The van der Waals surface area contributed by atoms with Gasteiger partial charge in [0.25, 0.3) is 0 Å². The number of nitrogens with zero attached hydrogens (tertiary/aromatic N) is 1. The van der Waals surface area contributed by atoms with Crippen LogP contribution in [-0.4, -0.2) is 30.6 Å². The Morgan fingerprint density at radius 3 is 2.84 bits per heavy atom. The lowest BCUT2D eigenvalue weighted by molar-refractivity contribution is -0.117. The fourth-order valence-electron chi connectivity index (χ4n) is 3.77. The van der Waals surface area contributed by atoms with Crippen LogP contribution in [0.2, 0.25) is 5.02 Å². The first-order valence-corrected chi connectivity index (χ1v) is 10.5. The number of carbonyl (C=O) groups excluding carboxylic acids is 1. The first-order valence-electron chi connectivity index (χ1n) is 10.2. The van der Waals surface area contributed by atoms with Gasteiger partial charge in [0.05, 0.1) is 18.7 Å². The Morgan fingerprint density at radius 1 is 1.29 bits per heavy atom. The summed E-state index contributed by atoms with van der Waals surface area (Å²) in [6, 6.07) is 13.9. The highest BCUT2D eigenvalue weighted by Gasteiger charge is 2.22. The Labute approximate surface area is 185 Å². The Kier molecular flexibility index (Phi) is 6.49. The molecule has 1 aliphatic heterocycles. The summed E-state index contributed by atoms with van der Waals surface area (Å²) in [5.41, 5.74) is 2.38. The van der Waals surface area contributed by atoms with E-state index in [2.05, 4.69) is 15.6 Å². The third kappa shape index (κ3) is 4.86. The minimum atomic E-state index is -0.355. The first-order chi connectivity index (χ1) is 15.0. The van der Waals surface area contributed by atoms with Gasteiger partial charge in [-0.25, -0.2) is 9.37 Å². The zero-order chi connectivity index (χ0) is 21.8. The summed E-state index contributed by atoms with van der Waals surface area (Å²) in [7, 11) is 1.51. The number of hydrogen-bond donors (Lipinski definition) is 2. The van der Waals surface area contributed by atoms with Crippen molar-refractivity contribution in [1.29, 1.82) is 0 Å². The van der Waals surface area contributed by atoms with Crippen LogP contribution in [0.15, 0.2) is 54.7 Å². The van der Waals surface area contributed by atoms with Crippen LogP contribution < -0.4 is 15.4 Å². The molecular formula is C24H23ClFN3O2. The van der Waals surface area contributed by atoms with Crippen molar-refractivity contribution in [2.45, 2.75) is 25.3 Å². The molecule has 1 fully saturated rings. The number of aromatic nitrogens is 1. The highest BCUT2D eigenvalue weighted by molar-refractivity contribution is 6.30. The van der Waals surface area contributed by atoms with E-state index in [4.69, 9.17) is 16.3 Å². The zero-order valence-electron chi connectivity index (χ0n) is 17.1. The van der Waals surface area contributed by atoms with Crippen molar-refractivity contribution in [1.82, 2.24) is 10.3 Å². The monoisotopic (exact) mass is 439 g/mol. The predicted octanol–water partition coefficient (Wildman–Crippen LogP) is 4.83. The van der Waals surface area contributed by atoms with Crippen LogP contribution in [-0.2, 0) is 11.2 Å². The van der Waals surface area contributed by atoms with E-state index in [0.717, 1.165) is 24.9 Å². The van der Waals surface area contributed by atoms with Gasteiger partial charge < -0.3 is 15.4 Å². The molecular weight excluding hydrogens is 417 g/mol. The Balaban J connectivity index is 1.54. The summed E-state index contributed by atoms with van der Waals surface area (Å²) in [6.07, 6.45) is 3.83. The number of carbonyl (C=O) groups is 1. The highest BCUT2D eigenvalue weighted by atomic mass is 35.5. The second kappa shape index (κ2) is 9.45. The molecule has 3 aromatic rings. The number of rotatable bonds is 6. The van der Waals surface area contributed by atoms with Gasteiger partial charge in [-0.15, -0.1) is 0 Å². The van der Waals surface area contributed by atoms with E-state index < -0.39 is 0 Å². The molecule has 1 aliphatic rings. The van der Waals surface area contributed by atoms with Gasteiger partial charge in [0.2, 0.25) is 5.91 Å². The van der Waals surface area contributed by atoms with Gasteiger partial charge in [-0.2, -0.15) is 0 Å². The lowest BCUT2D eigenvalue weighted by atomic mass is 9.97. The molecule has 0 unspecified atom stereocenters. The Hall–Kier alpha value is -2.96. The van der Waals surface area contributed by atoms with Gasteiger partial charge in [0.1, 0.15) is 17.4 Å². The topological polar surface area (TPSA) is 63.2 Å². The molecule has 2 heterocycles. The van der Waals surface area contributed by atoms with Crippen LogP contribution in [0.3, 0.4) is 0 Å². The lowest BCUT2D eigenvalue weighted by Crippen LogP contribution is -2.35. The van der Waals surface area contributed by atoms with E-state index in [0.29, 0.717) is 39.7 Å². The smallest absolute Gasteiger partial charge is 0.242 e. The standard InChI is InChI=1S/C24H23ClFN3O2/c1-31-20-9-8-17(23(26)22(20)16-4-2-5-18(25)13-16)12-15-7-10-21(28-14-15)29-24(30)19-6-3-11-27-19/h2,4-5,7-10,13-14,19,27H,3,6,11-12H2,1H3,(H,28,29,30)/t19-/m0/s1. The van der Waals surface area contributed by atoms with Gasteiger partial charge in [0, 0.05) is 17.6 Å². The second-order valence-electron chi connectivity index (χ2n) is 7.49. The summed E-state index contributed by atoms with van der Waals surface area (Å²) >= 11 is 6.10. The molecule has 0 spiro atoms. The van der Waals surface area contributed by atoms with Gasteiger partial charge >= 0.3 is 0 Å². The van der Waals surface area contributed by atoms with Crippen molar-refractivity contribution in [2.24, 2.45) is 0 Å². The maximum atomic E-state index is 15.4. The normalized spacial score (nSPS) is 15.6. The molecule has 0 aliphatic carbocycles. The molecule has 0 saturated carbocycles. The molecule has 0 radical (unpaired) electrons. The predicted molar refractivity (Wildman–Crippen MR) is 120 cm³/mol. The SMILES string of the molecule is COc1ccc(Cc2ccc(NC(=O)[C@@H]3CCCN3)nc2)c(F)c1-c1cccc(Cl)c1. The number of amides is 1. The van der Waals surface area contributed by atoms with Gasteiger partial charge in [-0.3, -0.25) is 4.79 Å². The number of halogens is 2. The molecule has 2 aromatic carbocycles. The van der Waals surface area contributed by atoms with Crippen LogP contribution >= 0.6 is 11.6 Å². The van der Waals surface area contributed by atoms with Crippen LogP contribution in [0, 0.1) is 5.82 Å². The van der Waals surface area contributed by atoms with Crippen molar-refractivity contribution >= 4 is 23.3 Å². The molecule has 7 heteroatoms. The first kappa shape index (κ1) is 21.3. The largest absolute Gasteiger partial charge is 0.496 e. The number of benzene rings is 2. The summed E-state index contributed by atoms with van der Waals surface area (Å²) in [6.45, 7) is 0.856. The third-order valence-electron chi connectivity index (χ3n) is 5.36. The summed E-state index contributed by atoms with van der Waals surface area (Å²) < 4.78 is 20.8. The molecule has 160 valence electrons. The van der Waals surface area contributed by atoms with E-state index in [-0.39, 0.29) is 17.8 Å². The number of nitrogens with one attached hydrogen (secondary N) is 2. The van der Waals surface area contributed by atoms with Crippen molar-refractivity contribution in [3.63, 3.8) is 0 Å². The van der Waals surface area contributed by atoms with E-state index in [1.807, 2.05) is 6.07 Å². The number of anilines is 1. The summed E-state index contributed by atoms with van der Waals surface area (Å²) in [5.74, 6) is 0.494. The summed E-state index contributed by atoms with van der Waals surface area (Å²) in [4.78, 5) is 16.5.